The lowest BCUT2D eigenvalue weighted by atomic mass is 9.96. The number of ether oxygens (including phenoxy) is 1. The lowest BCUT2D eigenvalue weighted by Crippen LogP contribution is -2.40. The largest absolute Gasteiger partial charge is 0.466 e. The van der Waals surface area contributed by atoms with Gasteiger partial charge >= 0.3 is 5.97 Å². The normalized spacial score (nSPS) is 14.2. The molecule has 0 unspecified atom stereocenters. The summed E-state index contributed by atoms with van der Waals surface area (Å²) in [6.07, 6.45) is 2.36. The number of likely N-dealkylation sites (tertiary alicyclic amines) is 1. The Morgan fingerprint density at radius 2 is 1.94 bits per heavy atom. The molecule has 1 saturated heterocycles. The Balaban J connectivity index is 1.60. The molecule has 1 aliphatic rings. The van der Waals surface area contributed by atoms with Gasteiger partial charge in [0.05, 0.1) is 12.5 Å². The molecule has 1 aromatic carbocycles. The summed E-state index contributed by atoms with van der Waals surface area (Å²) < 4.78 is 5.12. The summed E-state index contributed by atoms with van der Waals surface area (Å²) in [4.78, 5) is 38.2. The highest BCUT2D eigenvalue weighted by Gasteiger charge is 2.28. The summed E-state index contributed by atoms with van der Waals surface area (Å²) in [6.45, 7) is 8.45. The van der Waals surface area contributed by atoms with Gasteiger partial charge in [0.1, 0.15) is 5.82 Å². The molecule has 1 aliphatic heterocycles. The van der Waals surface area contributed by atoms with Crippen LogP contribution in [0.5, 0.6) is 0 Å². The SMILES string of the molecule is CCCN(C)c1cc(C)nc(SCc2cccc(C(=O)N3CCC(C(=O)OCC)CC3)c2)n1. The zero-order chi connectivity index (χ0) is 23.8. The van der Waals surface area contributed by atoms with Crippen LogP contribution in [0, 0.1) is 12.8 Å². The number of anilines is 1. The van der Waals surface area contributed by atoms with Crippen LogP contribution in [-0.2, 0) is 15.3 Å². The molecular weight excluding hydrogens is 436 g/mol. The number of nitrogens with zero attached hydrogens (tertiary/aromatic N) is 4. The molecule has 1 aromatic heterocycles. The second-order valence-electron chi connectivity index (χ2n) is 8.38. The molecule has 33 heavy (non-hydrogen) atoms. The molecule has 0 atom stereocenters. The molecule has 0 saturated carbocycles. The molecule has 0 spiro atoms. The van der Waals surface area contributed by atoms with Crippen molar-refractivity contribution in [2.24, 2.45) is 5.92 Å². The van der Waals surface area contributed by atoms with Gasteiger partial charge < -0.3 is 14.5 Å². The summed E-state index contributed by atoms with van der Waals surface area (Å²) in [5, 5.41) is 0.741. The standard InChI is InChI=1S/C25H34N4O3S/c1-5-12-28(4)22-15-18(3)26-25(27-22)33-17-19-8-7-9-21(16-19)23(30)29-13-10-20(11-14-29)24(31)32-6-2/h7-9,15-16,20H,5-6,10-14,17H2,1-4H3. The zero-order valence-electron chi connectivity index (χ0n) is 20.0. The van der Waals surface area contributed by atoms with Gasteiger partial charge in [0.2, 0.25) is 0 Å². The Kier molecular flexibility index (Phi) is 9.11. The number of aryl methyl sites for hydroxylation is 1. The van der Waals surface area contributed by atoms with Gasteiger partial charge in [-0.3, -0.25) is 9.59 Å². The fourth-order valence-electron chi connectivity index (χ4n) is 3.94. The van der Waals surface area contributed by atoms with E-state index in [9.17, 15) is 9.59 Å². The Morgan fingerprint density at radius 1 is 1.18 bits per heavy atom. The summed E-state index contributed by atoms with van der Waals surface area (Å²) >= 11 is 1.58. The van der Waals surface area contributed by atoms with Crippen LogP contribution in [0.1, 0.15) is 54.7 Å². The number of hydrogen-bond donors (Lipinski definition) is 0. The molecule has 2 heterocycles. The molecule has 0 bridgehead atoms. The third-order valence-corrected chi connectivity index (χ3v) is 6.63. The van der Waals surface area contributed by atoms with E-state index in [0.29, 0.717) is 43.9 Å². The molecule has 1 fully saturated rings. The van der Waals surface area contributed by atoms with Crippen LogP contribution in [0.25, 0.3) is 0 Å². The number of rotatable bonds is 9. The number of thioether (sulfide) groups is 1. The first-order valence-electron chi connectivity index (χ1n) is 11.7. The first kappa shape index (κ1) is 25.0. The van der Waals surface area contributed by atoms with Gasteiger partial charge in [-0.15, -0.1) is 0 Å². The number of piperidine rings is 1. The summed E-state index contributed by atoms with van der Waals surface area (Å²) in [5.74, 6) is 1.38. The third-order valence-electron chi connectivity index (χ3n) is 5.71. The minimum absolute atomic E-state index is 0.0134. The van der Waals surface area contributed by atoms with Crippen molar-refractivity contribution in [2.75, 3.05) is 38.2 Å². The second kappa shape index (κ2) is 12.0. The first-order chi connectivity index (χ1) is 15.9. The predicted molar refractivity (Wildman–Crippen MR) is 132 cm³/mol. The van der Waals surface area contributed by atoms with E-state index < -0.39 is 0 Å². The van der Waals surface area contributed by atoms with Crippen LogP contribution in [0.15, 0.2) is 35.5 Å². The third kappa shape index (κ3) is 6.93. The van der Waals surface area contributed by atoms with Crippen molar-refractivity contribution in [3.63, 3.8) is 0 Å². The van der Waals surface area contributed by atoms with Gasteiger partial charge in [0, 0.05) is 49.8 Å². The van der Waals surface area contributed by atoms with E-state index in [2.05, 4.69) is 16.8 Å². The number of amides is 1. The minimum atomic E-state index is -0.147. The fraction of sp³-hybridized carbons (Fsp3) is 0.520. The van der Waals surface area contributed by atoms with Crippen LogP contribution < -0.4 is 4.90 Å². The highest BCUT2D eigenvalue weighted by Crippen LogP contribution is 2.24. The Hall–Kier alpha value is -2.61. The molecule has 7 nitrogen and oxygen atoms in total. The monoisotopic (exact) mass is 470 g/mol. The van der Waals surface area contributed by atoms with Gasteiger partial charge in [-0.05, 0) is 50.8 Å². The highest BCUT2D eigenvalue weighted by molar-refractivity contribution is 7.98. The maximum Gasteiger partial charge on any atom is 0.309 e. The average molecular weight is 471 g/mol. The highest BCUT2D eigenvalue weighted by atomic mass is 32.2. The van der Waals surface area contributed by atoms with E-state index in [4.69, 9.17) is 9.72 Å². The van der Waals surface area contributed by atoms with Crippen molar-refractivity contribution in [3.05, 3.63) is 47.2 Å². The fourth-order valence-corrected chi connectivity index (χ4v) is 4.78. The summed E-state index contributed by atoms with van der Waals surface area (Å²) in [7, 11) is 2.05. The second-order valence-corrected chi connectivity index (χ2v) is 9.32. The van der Waals surface area contributed by atoms with Crippen LogP contribution in [0.3, 0.4) is 0 Å². The van der Waals surface area contributed by atoms with Crippen molar-refractivity contribution < 1.29 is 14.3 Å². The molecule has 0 aliphatic carbocycles. The minimum Gasteiger partial charge on any atom is -0.466 e. The van der Waals surface area contributed by atoms with E-state index in [1.54, 1.807) is 11.8 Å². The van der Waals surface area contributed by atoms with E-state index >= 15 is 0 Å². The molecule has 8 heteroatoms. The predicted octanol–water partition coefficient (Wildman–Crippen LogP) is 4.34. The molecule has 178 valence electrons. The van der Waals surface area contributed by atoms with Gasteiger partial charge in [0.25, 0.3) is 5.91 Å². The Bertz CT molecular complexity index is 960. The molecule has 0 radical (unpaired) electrons. The quantitative estimate of drug-likeness (QED) is 0.307. The van der Waals surface area contributed by atoms with Crippen LogP contribution in [-0.4, -0.2) is 60.0 Å². The molecule has 1 amide bonds. The van der Waals surface area contributed by atoms with E-state index in [1.165, 1.54) is 0 Å². The van der Waals surface area contributed by atoms with Crippen LogP contribution in [0.4, 0.5) is 5.82 Å². The van der Waals surface area contributed by atoms with Crippen molar-refractivity contribution in [3.8, 4) is 0 Å². The van der Waals surface area contributed by atoms with Crippen molar-refractivity contribution in [1.82, 2.24) is 14.9 Å². The number of carbonyl (C=O) groups excluding carboxylic acids is 2. The van der Waals surface area contributed by atoms with Crippen LogP contribution in [0.2, 0.25) is 0 Å². The van der Waals surface area contributed by atoms with Crippen molar-refractivity contribution in [2.45, 2.75) is 50.9 Å². The Labute approximate surface area is 200 Å². The number of carbonyl (C=O) groups is 2. The van der Waals surface area contributed by atoms with Gasteiger partial charge in [-0.25, -0.2) is 9.97 Å². The zero-order valence-corrected chi connectivity index (χ0v) is 20.9. The molecule has 0 N–H and O–H groups in total. The van der Waals surface area contributed by atoms with Gasteiger partial charge in [-0.2, -0.15) is 0 Å². The number of aromatic nitrogens is 2. The summed E-state index contributed by atoms with van der Waals surface area (Å²) in [5.41, 5.74) is 2.68. The topological polar surface area (TPSA) is 75.6 Å². The summed E-state index contributed by atoms with van der Waals surface area (Å²) in [6, 6.07) is 9.76. The van der Waals surface area contributed by atoms with Gasteiger partial charge in [-0.1, -0.05) is 30.8 Å². The average Bonchev–Trinajstić information content (AvgIpc) is 2.82. The molecule has 3 rings (SSSR count). The van der Waals surface area contributed by atoms with Gasteiger partial charge in [0.15, 0.2) is 5.16 Å². The Morgan fingerprint density at radius 3 is 2.64 bits per heavy atom. The van der Waals surface area contributed by atoms with Crippen LogP contribution >= 0.6 is 11.8 Å². The van der Waals surface area contributed by atoms with Crippen molar-refractivity contribution in [1.29, 1.82) is 0 Å². The maximum atomic E-state index is 13.0. The lowest BCUT2D eigenvalue weighted by Gasteiger charge is -2.31. The maximum absolute atomic E-state index is 13.0. The first-order valence-corrected chi connectivity index (χ1v) is 12.6. The lowest BCUT2D eigenvalue weighted by molar-refractivity contribution is -0.149. The molecular formula is C25H34N4O3S. The van der Waals surface area contributed by atoms with E-state index in [0.717, 1.165) is 35.2 Å². The van der Waals surface area contributed by atoms with E-state index in [1.807, 2.05) is 56.1 Å². The molecule has 2 aromatic rings. The van der Waals surface area contributed by atoms with E-state index in [-0.39, 0.29) is 17.8 Å². The number of benzene rings is 1. The number of hydrogen-bond acceptors (Lipinski definition) is 7. The number of esters is 1. The van der Waals surface area contributed by atoms with Crippen molar-refractivity contribution >= 4 is 29.5 Å². The smallest absolute Gasteiger partial charge is 0.309 e.